The topological polar surface area (TPSA) is 43.8 Å². The third-order valence-corrected chi connectivity index (χ3v) is 6.60. The highest BCUT2D eigenvalue weighted by Crippen LogP contribution is 2.46. The van der Waals surface area contributed by atoms with Crippen molar-refractivity contribution in [2.75, 3.05) is 23.0 Å². The standard InChI is InChI=1S/C20H16N2O2S3/c23-13-12-21-15-8-4-5-9-16(15)26-18(21)11-10-17-19(24)22(20(25)27-17)14-6-2-1-3-7-14/h1-11,23H,12-13H2. The van der Waals surface area contributed by atoms with Crippen LogP contribution in [-0.4, -0.2) is 28.5 Å². The van der Waals surface area contributed by atoms with Gasteiger partial charge in [-0.05, 0) is 36.4 Å². The van der Waals surface area contributed by atoms with Gasteiger partial charge in [0.1, 0.15) is 0 Å². The number of nitrogens with zero attached hydrogens (tertiary/aromatic N) is 2. The normalized spacial score (nSPS) is 19.4. The van der Waals surface area contributed by atoms with Gasteiger partial charge in [-0.15, -0.1) is 0 Å². The van der Waals surface area contributed by atoms with Crippen LogP contribution >= 0.6 is 35.7 Å². The molecular weight excluding hydrogens is 396 g/mol. The van der Waals surface area contributed by atoms with Gasteiger partial charge in [0.05, 0.1) is 27.9 Å². The Labute approximate surface area is 171 Å². The van der Waals surface area contributed by atoms with Gasteiger partial charge in [-0.2, -0.15) is 0 Å². The first kappa shape index (κ1) is 18.3. The molecule has 2 aliphatic heterocycles. The number of hydrogen-bond donors (Lipinski definition) is 1. The molecule has 2 aromatic carbocycles. The van der Waals surface area contributed by atoms with Crippen LogP contribution in [0.25, 0.3) is 0 Å². The summed E-state index contributed by atoms with van der Waals surface area (Å²) in [5.41, 5.74) is 1.86. The maximum Gasteiger partial charge on any atom is 0.270 e. The van der Waals surface area contributed by atoms with Gasteiger partial charge in [-0.1, -0.05) is 66.1 Å². The van der Waals surface area contributed by atoms with E-state index in [2.05, 4.69) is 11.0 Å². The van der Waals surface area contributed by atoms with Crippen LogP contribution in [0.2, 0.25) is 0 Å². The van der Waals surface area contributed by atoms with Gasteiger partial charge in [0.15, 0.2) is 4.32 Å². The minimum atomic E-state index is -0.109. The van der Waals surface area contributed by atoms with Gasteiger partial charge in [0.2, 0.25) is 0 Å². The number of amides is 1. The van der Waals surface area contributed by atoms with Gasteiger partial charge in [-0.3, -0.25) is 9.69 Å². The molecule has 0 atom stereocenters. The zero-order valence-corrected chi connectivity index (χ0v) is 16.7. The molecule has 0 aromatic heterocycles. The first-order valence-electron chi connectivity index (χ1n) is 8.37. The summed E-state index contributed by atoms with van der Waals surface area (Å²) in [6.45, 7) is 0.566. The smallest absolute Gasteiger partial charge is 0.270 e. The monoisotopic (exact) mass is 412 g/mol. The summed E-state index contributed by atoms with van der Waals surface area (Å²) in [6, 6.07) is 17.5. The number of hydrogen-bond acceptors (Lipinski definition) is 6. The van der Waals surface area contributed by atoms with Crippen LogP contribution in [0.3, 0.4) is 0 Å². The van der Waals surface area contributed by atoms with E-state index in [1.54, 1.807) is 16.7 Å². The van der Waals surface area contributed by atoms with Crippen LogP contribution in [0.4, 0.5) is 11.4 Å². The predicted molar refractivity (Wildman–Crippen MR) is 117 cm³/mol. The van der Waals surface area contributed by atoms with Gasteiger partial charge >= 0.3 is 0 Å². The Kier molecular flexibility index (Phi) is 5.36. The second-order valence-corrected chi connectivity index (χ2v) is 8.56. The number of thioether (sulfide) groups is 2. The Bertz CT molecular complexity index is 957. The molecule has 0 aliphatic carbocycles. The van der Waals surface area contributed by atoms with Gasteiger partial charge in [-0.25, -0.2) is 0 Å². The summed E-state index contributed by atoms with van der Waals surface area (Å²) in [5, 5.41) is 10.4. The van der Waals surface area contributed by atoms with Crippen molar-refractivity contribution >= 4 is 57.3 Å². The molecule has 27 heavy (non-hydrogen) atoms. The van der Waals surface area contributed by atoms with Gasteiger partial charge in [0, 0.05) is 11.4 Å². The summed E-state index contributed by atoms with van der Waals surface area (Å²) < 4.78 is 0.533. The largest absolute Gasteiger partial charge is 0.395 e. The number of β-amino-alcohol motifs (C(OH)–C–C–N with tert-alkyl or cyclic N) is 1. The molecule has 136 valence electrons. The van der Waals surface area contributed by atoms with E-state index in [0.29, 0.717) is 15.8 Å². The number of para-hydroxylation sites is 2. The summed E-state index contributed by atoms with van der Waals surface area (Å²) in [6.07, 6.45) is 3.75. The van der Waals surface area contributed by atoms with Crippen molar-refractivity contribution in [1.82, 2.24) is 0 Å². The summed E-state index contributed by atoms with van der Waals surface area (Å²) in [4.78, 5) is 18.2. The van der Waals surface area contributed by atoms with Crippen molar-refractivity contribution < 1.29 is 9.90 Å². The molecular formula is C20H16N2O2S3. The zero-order valence-electron chi connectivity index (χ0n) is 14.2. The minimum Gasteiger partial charge on any atom is -0.395 e. The molecule has 2 heterocycles. The number of allylic oxidation sites excluding steroid dienone is 2. The number of carbonyl (C=O) groups is 1. The molecule has 2 aliphatic rings. The van der Waals surface area contributed by atoms with E-state index < -0.39 is 0 Å². The minimum absolute atomic E-state index is 0.0579. The number of thiocarbonyl (C=S) groups is 1. The highest BCUT2D eigenvalue weighted by Gasteiger charge is 2.33. The van der Waals surface area contributed by atoms with Crippen molar-refractivity contribution in [2.24, 2.45) is 0 Å². The van der Waals surface area contributed by atoms with Crippen molar-refractivity contribution in [3.8, 4) is 0 Å². The molecule has 4 rings (SSSR count). The molecule has 1 fully saturated rings. The maximum atomic E-state index is 12.8. The number of aliphatic hydroxyl groups excluding tert-OH is 1. The van der Waals surface area contributed by atoms with E-state index >= 15 is 0 Å². The highest BCUT2D eigenvalue weighted by molar-refractivity contribution is 8.27. The Hall–Kier alpha value is -2.06. The predicted octanol–water partition coefficient (Wildman–Crippen LogP) is 4.38. The number of benzene rings is 2. The quantitative estimate of drug-likeness (QED) is 0.594. The van der Waals surface area contributed by atoms with Crippen LogP contribution in [0.5, 0.6) is 0 Å². The van der Waals surface area contributed by atoms with Crippen LogP contribution < -0.4 is 9.80 Å². The third kappa shape index (κ3) is 3.55. The average Bonchev–Trinajstić information content (AvgIpc) is 3.18. The second kappa shape index (κ2) is 7.90. The molecule has 0 radical (unpaired) electrons. The van der Waals surface area contributed by atoms with Crippen molar-refractivity contribution in [2.45, 2.75) is 4.90 Å². The second-order valence-electron chi connectivity index (χ2n) is 5.82. The lowest BCUT2D eigenvalue weighted by atomic mass is 10.3. The van der Waals surface area contributed by atoms with Crippen LogP contribution in [-0.2, 0) is 4.79 Å². The number of carbonyl (C=O) groups excluding carboxylic acids is 1. The molecule has 0 bridgehead atoms. The first-order valence-corrected chi connectivity index (χ1v) is 10.4. The molecule has 4 nitrogen and oxygen atoms in total. The van der Waals surface area contributed by atoms with Gasteiger partial charge in [0.25, 0.3) is 5.91 Å². The fourth-order valence-corrected chi connectivity index (χ4v) is 5.27. The van der Waals surface area contributed by atoms with Crippen molar-refractivity contribution in [3.05, 3.63) is 76.7 Å². The van der Waals surface area contributed by atoms with Gasteiger partial charge < -0.3 is 10.0 Å². The molecule has 2 aromatic rings. The summed E-state index contributed by atoms with van der Waals surface area (Å²) in [7, 11) is 0. The van der Waals surface area contributed by atoms with E-state index in [4.69, 9.17) is 12.2 Å². The van der Waals surface area contributed by atoms with E-state index in [1.807, 2.05) is 60.7 Å². The zero-order chi connectivity index (χ0) is 18.8. The molecule has 1 saturated heterocycles. The average molecular weight is 413 g/mol. The highest BCUT2D eigenvalue weighted by atomic mass is 32.2. The molecule has 1 amide bonds. The van der Waals surface area contributed by atoms with Crippen LogP contribution in [0.15, 0.2) is 81.6 Å². The Morgan fingerprint density at radius 3 is 2.52 bits per heavy atom. The molecule has 0 saturated carbocycles. The van der Waals surface area contributed by atoms with E-state index in [-0.39, 0.29) is 12.5 Å². The Balaban J connectivity index is 1.61. The first-order chi connectivity index (χ1) is 13.2. The fourth-order valence-electron chi connectivity index (χ4n) is 2.94. The van der Waals surface area contributed by atoms with Crippen LogP contribution in [0, 0.1) is 0 Å². The SMILES string of the molecule is O=C1C(=CC=C2Sc3ccccc3N2CCO)SC(=S)N1c1ccccc1. The van der Waals surface area contributed by atoms with E-state index in [9.17, 15) is 9.90 Å². The number of rotatable bonds is 4. The van der Waals surface area contributed by atoms with Crippen molar-refractivity contribution in [1.29, 1.82) is 0 Å². The lowest BCUT2D eigenvalue weighted by molar-refractivity contribution is -0.113. The Morgan fingerprint density at radius 1 is 1.00 bits per heavy atom. The maximum absolute atomic E-state index is 12.8. The molecule has 7 heteroatoms. The van der Waals surface area contributed by atoms with Crippen LogP contribution in [0.1, 0.15) is 0 Å². The Morgan fingerprint density at radius 2 is 1.74 bits per heavy atom. The van der Waals surface area contributed by atoms with E-state index in [0.717, 1.165) is 21.3 Å². The summed E-state index contributed by atoms with van der Waals surface area (Å²) in [5.74, 6) is -0.109. The fraction of sp³-hybridized carbons (Fsp3) is 0.100. The molecule has 0 unspecified atom stereocenters. The lowest BCUT2D eigenvalue weighted by Gasteiger charge is -2.18. The van der Waals surface area contributed by atoms with Crippen molar-refractivity contribution in [3.63, 3.8) is 0 Å². The lowest BCUT2D eigenvalue weighted by Crippen LogP contribution is -2.27. The molecule has 1 N–H and O–H groups in total. The third-order valence-electron chi connectivity index (χ3n) is 4.15. The summed E-state index contributed by atoms with van der Waals surface area (Å²) >= 11 is 8.34. The van der Waals surface area contributed by atoms with E-state index in [1.165, 1.54) is 11.8 Å². The molecule has 0 spiro atoms. The number of anilines is 2. The number of aliphatic hydroxyl groups is 1. The number of fused-ring (bicyclic) bond motifs is 1.